The molecule has 34 heavy (non-hydrogen) atoms. The number of aromatic amines is 1. The topological polar surface area (TPSA) is 98.4 Å². The fourth-order valence-electron chi connectivity index (χ4n) is 4.07. The van der Waals surface area contributed by atoms with Gasteiger partial charge >= 0.3 is 0 Å². The second-order valence-electron chi connectivity index (χ2n) is 8.57. The molecule has 0 saturated carbocycles. The van der Waals surface area contributed by atoms with Crippen LogP contribution in [-0.4, -0.2) is 66.2 Å². The first-order valence-electron chi connectivity index (χ1n) is 11.6. The molecule has 1 fully saturated rings. The molecule has 1 atom stereocenters. The number of benzene rings is 2. The highest BCUT2D eigenvalue weighted by molar-refractivity contribution is 7.89. The van der Waals surface area contributed by atoms with Gasteiger partial charge in [0.25, 0.3) is 0 Å². The van der Waals surface area contributed by atoms with Gasteiger partial charge in [0.2, 0.25) is 15.9 Å². The minimum atomic E-state index is -3.52. The molecule has 180 valence electrons. The largest absolute Gasteiger partial charge is 0.345 e. The van der Waals surface area contributed by atoms with Gasteiger partial charge in [0.05, 0.1) is 29.4 Å². The number of H-pyrrole nitrogens is 1. The summed E-state index contributed by atoms with van der Waals surface area (Å²) in [7, 11) is -3.52. The number of nitrogens with zero attached hydrogens (tertiary/aromatic N) is 3. The number of hydrogen-bond acceptors (Lipinski definition) is 5. The number of rotatable bonds is 8. The highest BCUT2D eigenvalue weighted by Gasteiger charge is 2.29. The van der Waals surface area contributed by atoms with Crippen LogP contribution in [0.4, 0.5) is 0 Å². The van der Waals surface area contributed by atoms with Gasteiger partial charge < -0.3 is 10.3 Å². The molecular formula is C25H31N5O3S. The van der Waals surface area contributed by atoms with Crippen molar-refractivity contribution in [1.29, 1.82) is 0 Å². The van der Waals surface area contributed by atoms with Gasteiger partial charge in [-0.3, -0.25) is 9.69 Å². The van der Waals surface area contributed by atoms with Crippen LogP contribution in [0.3, 0.4) is 0 Å². The van der Waals surface area contributed by atoms with Gasteiger partial charge in [0.1, 0.15) is 5.82 Å². The minimum Gasteiger partial charge on any atom is -0.345 e. The summed E-state index contributed by atoms with van der Waals surface area (Å²) in [5.41, 5.74) is 2.97. The van der Waals surface area contributed by atoms with Gasteiger partial charge in [0, 0.05) is 26.2 Å². The number of carbonyl (C=O) groups excluding carboxylic acids is 1. The van der Waals surface area contributed by atoms with E-state index in [0.29, 0.717) is 37.5 Å². The van der Waals surface area contributed by atoms with Crippen LogP contribution in [0.25, 0.3) is 11.3 Å². The van der Waals surface area contributed by atoms with E-state index in [1.807, 2.05) is 49.1 Å². The summed E-state index contributed by atoms with van der Waals surface area (Å²) < 4.78 is 27.3. The quantitative estimate of drug-likeness (QED) is 0.516. The molecule has 4 rings (SSSR count). The van der Waals surface area contributed by atoms with Crippen LogP contribution in [0, 0.1) is 6.92 Å². The van der Waals surface area contributed by atoms with Gasteiger partial charge in [0.15, 0.2) is 0 Å². The number of imidazole rings is 1. The van der Waals surface area contributed by atoms with Gasteiger partial charge in [-0.1, -0.05) is 55.0 Å². The fraction of sp³-hybridized carbons (Fsp3) is 0.360. The maximum atomic E-state index is 12.9. The number of aryl methyl sites for hydroxylation is 1. The molecule has 2 heterocycles. The molecule has 2 aromatic carbocycles. The zero-order valence-corrected chi connectivity index (χ0v) is 20.4. The van der Waals surface area contributed by atoms with Crippen molar-refractivity contribution in [3.8, 4) is 11.3 Å². The van der Waals surface area contributed by atoms with Crippen LogP contribution in [0.15, 0.2) is 65.7 Å². The Bertz CT molecular complexity index is 1200. The third-order valence-corrected chi connectivity index (χ3v) is 8.02. The summed E-state index contributed by atoms with van der Waals surface area (Å²) in [4.78, 5) is 22.8. The average Bonchev–Trinajstić information content (AvgIpc) is 3.34. The molecule has 0 bridgehead atoms. The van der Waals surface area contributed by atoms with Crippen molar-refractivity contribution in [3.05, 3.63) is 72.2 Å². The molecular weight excluding hydrogens is 450 g/mol. The molecule has 1 saturated heterocycles. The smallest absolute Gasteiger partial charge is 0.243 e. The van der Waals surface area contributed by atoms with E-state index in [0.717, 1.165) is 22.6 Å². The van der Waals surface area contributed by atoms with E-state index in [1.54, 1.807) is 30.5 Å². The number of nitrogens with one attached hydrogen (secondary N) is 2. The number of hydrogen-bond donors (Lipinski definition) is 2. The minimum absolute atomic E-state index is 0.0978. The highest BCUT2D eigenvalue weighted by atomic mass is 32.2. The van der Waals surface area contributed by atoms with E-state index in [9.17, 15) is 13.2 Å². The Morgan fingerprint density at radius 1 is 1.06 bits per heavy atom. The van der Waals surface area contributed by atoms with Crippen LogP contribution in [0.5, 0.6) is 0 Å². The Morgan fingerprint density at radius 2 is 1.74 bits per heavy atom. The standard InChI is InChI=1S/C25H31N5O3S/c1-3-22(25-26-17-23(28-25)20-7-5-4-6-8-20)27-24(31)18-29-13-15-30(16-14-29)34(32,33)21-11-9-19(2)10-12-21/h4-12,17,22H,3,13-16,18H2,1-2H3,(H,26,28)(H,27,31). The third kappa shape index (κ3) is 5.55. The van der Waals surface area contributed by atoms with E-state index in [4.69, 9.17) is 0 Å². The molecule has 1 unspecified atom stereocenters. The number of piperazine rings is 1. The highest BCUT2D eigenvalue weighted by Crippen LogP contribution is 2.21. The summed E-state index contributed by atoms with van der Waals surface area (Å²) in [6.07, 6.45) is 2.49. The summed E-state index contributed by atoms with van der Waals surface area (Å²) >= 11 is 0. The molecule has 1 amide bonds. The Hall–Kier alpha value is -3.01. The maximum absolute atomic E-state index is 12.9. The third-order valence-electron chi connectivity index (χ3n) is 6.11. The first-order chi connectivity index (χ1) is 16.4. The van der Waals surface area contributed by atoms with Crippen LogP contribution in [0.1, 0.15) is 30.8 Å². The van der Waals surface area contributed by atoms with Crippen molar-refractivity contribution in [1.82, 2.24) is 24.5 Å². The van der Waals surface area contributed by atoms with Gasteiger partial charge in [-0.05, 0) is 31.0 Å². The lowest BCUT2D eigenvalue weighted by molar-refractivity contribution is -0.123. The van der Waals surface area contributed by atoms with Crippen molar-refractivity contribution in [2.24, 2.45) is 0 Å². The van der Waals surface area contributed by atoms with Gasteiger partial charge in [-0.15, -0.1) is 0 Å². The molecule has 0 radical (unpaired) electrons. The van der Waals surface area contributed by atoms with Crippen molar-refractivity contribution in [2.75, 3.05) is 32.7 Å². The number of carbonyl (C=O) groups is 1. The second-order valence-corrected chi connectivity index (χ2v) is 10.5. The van der Waals surface area contributed by atoms with E-state index < -0.39 is 10.0 Å². The molecule has 0 spiro atoms. The Morgan fingerprint density at radius 3 is 2.38 bits per heavy atom. The maximum Gasteiger partial charge on any atom is 0.243 e. The summed E-state index contributed by atoms with van der Waals surface area (Å²) in [6, 6.07) is 16.6. The monoisotopic (exact) mass is 481 g/mol. The second kappa shape index (κ2) is 10.5. The summed E-state index contributed by atoms with van der Waals surface area (Å²) in [5.74, 6) is 0.628. The fourth-order valence-corrected chi connectivity index (χ4v) is 5.49. The lowest BCUT2D eigenvalue weighted by Gasteiger charge is -2.33. The van der Waals surface area contributed by atoms with Crippen molar-refractivity contribution < 1.29 is 13.2 Å². The number of sulfonamides is 1. The normalized spacial score (nSPS) is 16.3. The van der Waals surface area contributed by atoms with Crippen LogP contribution in [0.2, 0.25) is 0 Å². The lowest BCUT2D eigenvalue weighted by atomic mass is 10.2. The Balaban J connectivity index is 1.30. The average molecular weight is 482 g/mol. The summed E-state index contributed by atoms with van der Waals surface area (Å²) in [6.45, 7) is 5.89. The van der Waals surface area contributed by atoms with Crippen LogP contribution in [-0.2, 0) is 14.8 Å². The molecule has 8 nitrogen and oxygen atoms in total. The molecule has 1 aliphatic rings. The zero-order chi connectivity index (χ0) is 24.1. The van der Waals surface area contributed by atoms with E-state index >= 15 is 0 Å². The SMILES string of the molecule is CCC(NC(=O)CN1CCN(S(=O)(=O)c2ccc(C)cc2)CC1)c1ncc(-c2ccccc2)[nH]1. The van der Waals surface area contributed by atoms with Gasteiger partial charge in [-0.2, -0.15) is 4.31 Å². The molecule has 2 N–H and O–H groups in total. The summed E-state index contributed by atoms with van der Waals surface area (Å²) in [5, 5.41) is 3.06. The van der Waals surface area contributed by atoms with Crippen LogP contribution >= 0.6 is 0 Å². The lowest BCUT2D eigenvalue weighted by Crippen LogP contribution is -2.51. The van der Waals surface area contributed by atoms with Gasteiger partial charge in [-0.25, -0.2) is 13.4 Å². The molecule has 1 aromatic heterocycles. The van der Waals surface area contributed by atoms with E-state index in [-0.39, 0.29) is 18.5 Å². The zero-order valence-electron chi connectivity index (χ0n) is 19.6. The molecule has 0 aliphatic carbocycles. The van der Waals surface area contributed by atoms with E-state index in [2.05, 4.69) is 15.3 Å². The van der Waals surface area contributed by atoms with E-state index in [1.165, 1.54) is 4.31 Å². The van der Waals surface area contributed by atoms with Crippen molar-refractivity contribution >= 4 is 15.9 Å². The van der Waals surface area contributed by atoms with Crippen molar-refractivity contribution in [3.63, 3.8) is 0 Å². The predicted molar refractivity (Wildman–Crippen MR) is 132 cm³/mol. The Labute approximate surface area is 201 Å². The molecule has 1 aliphatic heterocycles. The molecule has 9 heteroatoms. The Kier molecular flexibility index (Phi) is 7.45. The van der Waals surface area contributed by atoms with Crippen molar-refractivity contribution in [2.45, 2.75) is 31.2 Å². The van der Waals surface area contributed by atoms with Crippen LogP contribution < -0.4 is 5.32 Å². The number of aromatic nitrogens is 2. The first-order valence-corrected chi connectivity index (χ1v) is 13.0. The first kappa shape index (κ1) is 24.1. The molecule has 3 aromatic rings. The number of amides is 1. The predicted octanol–water partition coefficient (Wildman–Crippen LogP) is 2.96.